The molecule has 1 aromatic rings. The summed E-state index contributed by atoms with van der Waals surface area (Å²) in [5.41, 5.74) is 1.18. The number of nitrogens with zero attached hydrogens (tertiary/aromatic N) is 2. The minimum Gasteiger partial charge on any atom is -0.307 e. The van der Waals surface area contributed by atoms with E-state index in [-0.39, 0.29) is 0 Å². The average Bonchev–Trinajstić information content (AvgIpc) is 3.14. The van der Waals surface area contributed by atoms with Gasteiger partial charge in [-0.05, 0) is 18.9 Å². The molecule has 1 saturated heterocycles. The molecule has 0 aromatic carbocycles. The lowest BCUT2D eigenvalue weighted by Gasteiger charge is -2.22. The molecule has 4 heteroatoms. The van der Waals surface area contributed by atoms with Crippen LogP contribution in [0, 0.1) is 0 Å². The van der Waals surface area contributed by atoms with Gasteiger partial charge in [-0.1, -0.05) is 0 Å². The van der Waals surface area contributed by atoms with Gasteiger partial charge < -0.3 is 5.32 Å². The Bertz CT molecular complexity index is 345. The predicted octanol–water partition coefficient (Wildman–Crippen LogP) is 1.73. The second kappa shape index (κ2) is 4.10. The van der Waals surface area contributed by atoms with Crippen LogP contribution in [-0.2, 0) is 0 Å². The third-order valence-electron chi connectivity index (χ3n) is 2.92. The Kier molecular flexibility index (Phi) is 2.63. The second-order valence-electron chi connectivity index (χ2n) is 4.20. The topological polar surface area (TPSA) is 37.8 Å². The number of aromatic nitrogens is 2. The fraction of sp³-hybridized carbons (Fsp3) is 0.636. The van der Waals surface area contributed by atoms with Crippen LogP contribution in [0.25, 0.3) is 0 Å². The summed E-state index contributed by atoms with van der Waals surface area (Å²) in [6, 6.07) is 2.49. The van der Waals surface area contributed by atoms with E-state index in [9.17, 15) is 0 Å². The van der Waals surface area contributed by atoms with E-state index in [4.69, 9.17) is 0 Å². The van der Waals surface area contributed by atoms with Crippen molar-refractivity contribution in [3.8, 4) is 0 Å². The SMILES string of the molecule is c1cc(C2CSCCN2)nc(C2CC2)n1. The Morgan fingerprint density at radius 1 is 1.40 bits per heavy atom. The average molecular weight is 221 g/mol. The van der Waals surface area contributed by atoms with Crippen molar-refractivity contribution in [2.75, 3.05) is 18.1 Å². The largest absolute Gasteiger partial charge is 0.307 e. The van der Waals surface area contributed by atoms with E-state index in [1.807, 2.05) is 18.0 Å². The van der Waals surface area contributed by atoms with Crippen LogP contribution < -0.4 is 5.32 Å². The minimum absolute atomic E-state index is 0.434. The summed E-state index contributed by atoms with van der Waals surface area (Å²) in [5.74, 6) is 4.07. The predicted molar refractivity (Wildman–Crippen MR) is 62.1 cm³/mol. The molecule has 1 saturated carbocycles. The number of nitrogens with one attached hydrogen (secondary N) is 1. The summed E-state index contributed by atoms with van der Waals surface area (Å²) in [4.78, 5) is 9.02. The highest BCUT2D eigenvalue weighted by Gasteiger charge is 2.27. The lowest BCUT2D eigenvalue weighted by molar-refractivity contribution is 0.575. The van der Waals surface area contributed by atoms with Gasteiger partial charge in [-0.3, -0.25) is 0 Å². The van der Waals surface area contributed by atoms with Gasteiger partial charge in [-0.25, -0.2) is 9.97 Å². The van der Waals surface area contributed by atoms with Crippen molar-refractivity contribution in [3.05, 3.63) is 23.8 Å². The zero-order valence-corrected chi connectivity index (χ0v) is 9.46. The minimum atomic E-state index is 0.434. The van der Waals surface area contributed by atoms with E-state index in [1.165, 1.54) is 24.3 Å². The number of hydrogen-bond acceptors (Lipinski definition) is 4. The number of thioether (sulfide) groups is 1. The Morgan fingerprint density at radius 3 is 3.07 bits per heavy atom. The Labute approximate surface area is 94.1 Å². The van der Waals surface area contributed by atoms with Gasteiger partial charge in [0.15, 0.2) is 0 Å². The highest BCUT2D eigenvalue weighted by atomic mass is 32.2. The summed E-state index contributed by atoms with van der Waals surface area (Å²) in [6.07, 6.45) is 4.46. The molecule has 0 spiro atoms. The molecule has 15 heavy (non-hydrogen) atoms. The normalized spacial score (nSPS) is 26.5. The third-order valence-corrected chi connectivity index (χ3v) is 3.98. The summed E-state index contributed by atoms with van der Waals surface area (Å²) in [6.45, 7) is 1.10. The fourth-order valence-electron chi connectivity index (χ4n) is 1.88. The van der Waals surface area contributed by atoms with Gasteiger partial charge in [0.1, 0.15) is 5.82 Å². The van der Waals surface area contributed by atoms with Crippen molar-refractivity contribution in [1.82, 2.24) is 15.3 Å². The Hall–Kier alpha value is -0.610. The van der Waals surface area contributed by atoms with Crippen LogP contribution in [0.4, 0.5) is 0 Å². The summed E-state index contributed by atoms with van der Waals surface area (Å²) < 4.78 is 0. The van der Waals surface area contributed by atoms with Crippen molar-refractivity contribution in [2.45, 2.75) is 24.8 Å². The Balaban J connectivity index is 1.80. The number of hydrogen-bond donors (Lipinski definition) is 1. The summed E-state index contributed by atoms with van der Waals surface area (Å²) >= 11 is 2.00. The first-order valence-electron chi connectivity index (χ1n) is 5.57. The van der Waals surface area contributed by atoms with Crippen molar-refractivity contribution < 1.29 is 0 Å². The first-order chi connectivity index (χ1) is 7.43. The smallest absolute Gasteiger partial charge is 0.131 e. The lowest BCUT2D eigenvalue weighted by Crippen LogP contribution is -2.31. The maximum absolute atomic E-state index is 4.67. The van der Waals surface area contributed by atoms with Gasteiger partial charge in [0.05, 0.1) is 11.7 Å². The standard InChI is InChI=1S/C11H15N3S/c1-2-8(1)11-13-4-3-9(14-11)10-7-15-6-5-12-10/h3-4,8,10,12H,1-2,5-7H2. The van der Waals surface area contributed by atoms with E-state index < -0.39 is 0 Å². The molecule has 1 N–H and O–H groups in total. The van der Waals surface area contributed by atoms with Crippen molar-refractivity contribution in [2.24, 2.45) is 0 Å². The van der Waals surface area contributed by atoms with Crippen LogP contribution in [0.5, 0.6) is 0 Å². The molecule has 1 aliphatic carbocycles. The molecule has 2 heterocycles. The molecule has 1 aliphatic heterocycles. The molecule has 2 aliphatic rings. The Morgan fingerprint density at radius 2 is 2.33 bits per heavy atom. The van der Waals surface area contributed by atoms with Gasteiger partial charge in [0.2, 0.25) is 0 Å². The molecular formula is C11H15N3S. The highest BCUT2D eigenvalue weighted by molar-refractivity contribution is 7.99. The highest BCUT2D eigenvalue weighted by Crippen LogP contribution is 2.38. The van der Waals surface area contributed by atoms with E-state index in [0.717, 1.165) is 18.1 Å². The molecule has 1 aromatic heterocycles. The molecular weight excluding hydrogens is 206 g/mol. The zero-order valence-electron chi connectivity index (χ0n) is 8.65. The third kappa shape index (κ3) is 2.16. The van der Waals surface area contributed by atoms with Gasteiger partial charge in [-0.15, -0.1) is 0 Å². The molecule has 1 atom stereocenters. The van der Waals surface area contributed by atoms with E-state index in [2.05, 4.69) is 21.4 Å². The monoisotopic (exact) mass is 221 g/mol. The van der Waals surface area contributed by atoms with Gasteiger partial charge in [-0.2, -0.15) is 11.8 Å². The molecule has 2 fully saturated rings. The molecule has 0 bridgehead atoms. The van der Waals surface area contributed by atoms with Crippen molar-refractivity contribution >= 4 is 11.8 Å². The molecule has 3 rings (SSSR count). The molecule has 1 unspecified atom stereocenters. The molecule has 0 radical (unpaired) electrons. The second-order valence-corrected chi connectivity index (χ2v) is 5.35. The van der Waals surface area contributed by atoms with Crippen LogP contribution in [-0.4, -0.2) is 28.0 Å². The van der Waals surface area contributed by atoms with Gasteiger partial charge in [0.25, 0.3) is 0 Å². The maximum atomic E-state index is 4.67. The van der Waals surface area contributed by atoms with Crippen LogP contribution in [0.3, 0.4) is 0 Å². The van der Waals surface area contributed by atoms with Crippen LogP contribution >= 0.6 is 11.8 Å². The zero-order chi connectivity index (χ0) is 10.1. The maximum Gasteiger partial charge on any atom is 0.131 e. The lowest BCUT2D eigenvalue weighted by atomic mass is 10.2. The van der Waals surface area contributed by atoms with Crippen LogP contribution in [0.1, 0.15) is 36.3 Å². The van der Waals surface area contributed by atoms with Gasteiger partial charge >= 0.3 is 0 Å². The first kappa shape index (κ1) is 9.60. The van der Waals surface area contributed by atoms with E-state index >= 15 is 0 Å². The quantitative estimate of drug-likeness (QED) is 0.825. The van der Waals surface area contributed by atoms with Crippen molar-refractivity contribution in [1.29, 1.82) is 0 Å². The molecule has 80 valence electrons. The fourth-order valence-corrected chi connectivity index (χ4v) is 2.83. The van der Waals surface area contributed by atoms with E-state index in [1.54, 1.807) is 0 Å². The van der Waals surface area contributed by atoms with Crippen molar-refractivity contribution in [3.63, 3.8) is 0 Å². The molecule has 3 nitrogen and oxygen atoms in total. The van der Waals surface area contributed by atoms with E-state index in [0.29, 0.717) is 12.0 Å². The number of rotatable bonds is 2. The first-order valence-corrected chi connectivity index (χ1v) is 6.73. The molecule has 0 amide bonds. The van der Waals surface area contributed by atoms with Crippen LogP contribution in [0.15, 0.2) is 12.3 Å². The summed E-state index contributed by atoms with van der Waals surface area (Å²) in [7, 11) is 0. The summed E-state index contributed by atoms with van der Waals surface area (Å²) in [5, 5.41) is 3.51. The van der Waals surface area contributed by atoms with Crippen LogP contribution in [0.2, 0.25) is 0 Å². The van der Waals surface area contributed by atoms with Gasteiger partial charge in [0, 0.05) is 30.2 Å².